The van der Waals surface area contributed by atoms with Crippen LogP contribution >= 0.6 is 24.0 Å². The topological polar surface area (TPSA) is 67.1 Å². The fraction of sp³-hybridized carbons (Fsp3) is 0.526. The molecule has 0 saturated heterocycles. The Morgan fingerprint density at radius 1 is 1.19 bits per heavy atom. The standard InChI is InChI=1S/C19H28N6.HI/c1-15-7-6-8-16(13-15)14-22-19(20-2)21-11-10-18-24-23-17-9-4-3-5-12-25(17)18;/h6-8,13H,3-5,9-12,14H2,1-2H3,(H2,20,21,22);1H. The molecule has 1 aliphatic heterocycles. The zero-order valence-corrected chi connectivity index (χ0v) is 18.0. The number of nitrogens with one attached hydrogen (secondary N) is 2. The van der Waals surface area contributed by atoms with Crippen LogP contribution in [0.25, 0.3) is 0 Å². The highest BCUT2D eigenvalue weighted by Crippen LogP contribution is 2.14. The van der Waals surface area contributed by atoms with Crippen molar-refractivity contribution < 1.29 is 0 Å². The number of guanidine groups is 1. The summed E-state index contributed by atoms with van der Waals surface area (Å²) in [6.07, 6.45) is 5.66. The predicted molar refractivity (Wildman–Crippen MR) is 116 cm³/mol. The minimum atomic E-state index is 0. The minimum Gasteiger partial charge on any atom is -0.356 e. The van der Waals surface area contributed by atoms with Gasteiger partial charge in [0.2, 0.25) is 0 Å². The molecule has 0 saturated carbocycles. The highest BCUT2D eigenvalue weighted by Gasteiger charge is 2.14. The van der Waals surface area contributed by atoms with Crippen molar-refractivity contribution in [3.63, 3.8) is 0 Å². The lowest BCUT2D eigenvalue weighted by Gasteiger charge is -2.12. The van der Waals surface area contributed by atoms with Gasteiger partial charge in [0.05, 0.1) is 0 Å². The zero-order chi connectivity index (χ0) is 17.5. The van der Waals surface area contributed by atoms with Gasteiger partial charge >= 0.3 is 0 Å². The molecule has 1 aromatic carbocycles. The van der Waals surface area contributed by atoms with Crippen molar-refractivity contribution in [3.8, 4) is 0 Å². The van der Waals surface area contributed by atoms with Gasteiger partial charge in [0, 0.05) is 39.5 Å². The molecule has 0 bridgehead atoms. The number of aliphatic imine (C=N–C) groups is 1. The summed E-state index contributed by atoms with van der Waals surface area (Å²) < 4.78 is 2.30. The molecule has 0 fully saturated rings. The van der Waals surface area contributed by atoms with Gasteiger partial charge in [0.1, 0.15) is 11.6 Å². The normalized spacial score (nSPS) is 14.2. The van der Waals surface area contributed by atoms with E-state index in [0.717, 1.165) is 50.1 Å². The molecule has 1 aromatic heterocycles. The smallest absolute Gasteiger partial charge is 0.191 e. The van der Waals surface area contributed by atoms with Crippen molar-refractivity contribution >= 4 is 29.9 Å². The second-order valence-corrected chi connectivity index (χ2v) is 6.59. The van der Waals surface area contributed by atoms with Crippen LogP contribution in [0.15, 0.2) is 29.3 Å². The molecule has 0 radical (unpaired) electrons. The first-order valence-corrected chi connectivity index (χ1v) is 9.17. The monoisotopic (exact) mass is 468 g/mol. The van der Waals surface area contributed by atoms with E-state index in [0.29, 0.717) is 0 Å². The van der Waals surface area contributed by atoms with E-state index in [1.165, 1.54) is 30.4 Å². The Morgan fingerprint density at radius 3 is 2.88 bits per heavy atom. The summed E-state index contributed by atoms with van der Waals surface area (Å²) >= 11 is 0. The molecular weight excluding hydrogens is 439 g/mol. The van der Waals surface area contributed by atoms with Gasteiger partial charge in [-0.3, -0.25) is 4.99 Å². The van der Waals surface area contributed by atoms with Gasteiger partial charge in [-0.1, -0.05) is 36.2 Å². The van der Waals surface area contributed by atoms with Crippen LogP contribution in [0.2, 0.25) is 0 Å². The maximum atomic E-state index is 4.38. The van der Waals surface area contributed by atoms with Crippen molar-refractivity contribution in [2.75, 3.05) is 13.6 Å². The van der Waals surface area contributed by atoms with E-state index in [9.17, 15) is 0 Å². The van der Waals surface area contributed by atoms with Crippen LogP contribution < -0.4 is 10.6 Å². The Hall–Kier alpha value is -1.64. The van der Waals surface area contributed by atoms with Crippen molar-refractivity contribution in [1.29, 1.82) is 0 Å². The quantitative estimate of drug-likeness (QED) is 0.403. The number of hydrogen-bond donors (Lipinski definition) is 2. The summed E-state index contributed by atoms with van der Waals surface area (Å²) in [4.78, 5) is 4.30. The fourth-order valence-electron chi connectivity index (χ4n) is 3.25. The zero-order valence-electron chi connectivity index (χ0n) is 15.7. The van der Waals surface area contributed by atoms with Crippen molar-refractivity contribution in [2.45, 2.75) is 52.1 Å². The second-order valence-electron chi connectivity index (χ2n) is 6.59. The predicted octanol–water partition coefficient (Wildman–Crippen LogP) is 2.84. The van der Waals surface area contributed by atoms with Gasteiger partial charge in [0.15, 0.2) is 5.96 Å². The molecule has 7 heteroatoms. The van der Waals surface area contributed by atoms with Crippen molar-refractivity contribution in [2.24, 2.45) is 4.99 Å². The van der Waals surface area contributed by atoms with E-state index >= 15 is 0 Å². The Kier molecular flexibility index (Phi) is 8.34. The van der Waals surface area contributed by atoms with E-state index in [2.05, 4.69) is 61.6 Å². The molecule has 142 valence electrons. The highest BCUT2D eigenvalue weighted by atomic mass is 127. The number of fused-ring (bicyclic) bond motifs is 1. The van der Waals surface area contributed by atoms with Gasteiger partial charge in [-0.25, -0.2) is 0 Å². The molecule has 2 aromatic rings. The van der Waals surface area contributed by atoms with Crippen LogP contribution in [0.3, 0.4) is 0 Å². The number of rotatable bonds is 5. The SMILES string of the molecule is CN=C(NCCc1nnc2n1CCCCC2)NCc1cccc(C)c1.I. The van der Waals surface area contributed by atoms with Gasteiger partial charge in [-0.15, -0.1) is 34.2 Å². The third kappa shape index (κ3) is 5.69. The Labute approximate surface area is 172 Å². The molecule has 6 nitrogen and oxygen atoms in total. The third-order valence-corrected chi connectivity index (χ3v) is 4.59. The van der Waals surface area contributed by atoms with Gasteiger partial charge in [-0.05, 0) is 25.3 Å². The van der Waals surface area contributed by atoms with Gasteiger partial charge in [0.25, 0.3) is 0 Å². The number of aromatic nitrogens is 3. The maximum Gasteiger partial charge on any atom is 0.191 e. The molecule has 1 aliphatic rings. The highest BCUT2D eigenvalue weighted by molar-refractivity contribution is 14.0. The van der Waals surface area contributed by atoms with E-state index in [1.54, 1.807) is 7.05 Å². The van der Waals surface area contributed by atoms with Gasteiger partial charge < -0.3 is 15.2 Å². The number of nitrogens with zero attached hydrogens (tertiary/aromatic N) is 4. The number of aryl methyl sites for hydroxylation is 2. The summed E-state index contributed by atoms with van der Waals surface area (Å²) in [5.74, 6) is 3.05. The lowest BCUT2D eigenvalue weighted by Crippen LogP contribution is -2.38. The van der Waals surface area contributed by atoms with Crippen molar-refractivity contribution in [3.05, 3.63) is 47.0 Å². The third-order valence-electron chi connectivity index (χ3n) is 4.59. The molecule has 3 rings (SSSR count). The molecule has 2 heterocycles. The first-order valence-electron chi connectivity index (χ1n) is 9.17. The second kappa shape index (κ2) is 10.5. The van der Waals surface area contributed by atoms with E-state index < -0.39 is 0 Å². The van der Waals surface area contributed by atoms with Crippen LogP contribution in [0.5, 0.6) is 0 Å². The average molecular weight is 468 g/mol. The molecule has 0 unspecified atom stereocenters. The first-order chi connectivity index (χ1) is 12.3. The molecule has 0 amide bonds. The Morgan fingerprint density at radius 2 is 2.08 bits per heavy atom. The van der Waals surface area contributed by atoms with E-state index in [-0.39, 0.29) is 24.0 Å². The summed E-state index contributed by atoms with van der Waals surface area (Å²) in [6, 6.07) is 8.50. The van der Waals surface area contributed by atoms with Crippen LogP contribution in [-0.4, -0.2) is 34.3 Å². The lowest BCUT2D eigenvalue weighted by atomic mass is 10.1. The van der Waals surface area contributed by atoms with E-state index in [4.69, 9.17) is 0 Å². The lowest BCUT2D eigenvalue weighted by molar-refractivity contribution is 0.600. The summed E-state index contributed by atoms with van der Waals surface area (Å²) in [6.45, 7) is 4.73. The molecule has 0 atom stereocenters. The fourth-order valence-corrected chi connectivity index (χ4v) is 3.25. The Bertz CT molecular complexity index is 725. The van der Waals surface area contributed by atoms with Crippen LogP contribution in [-0.2, 0) is 25.9 Å². The number of benzene rings is 1. The Balaban J connectivity index is 0.00000243. The molecule has 2 N–H and O–H groups in total. The number of hydrogen-bond acceptors (Lipinski definition) is 3. The maximum absolute atomic E-state index is 4.38. The van der Waals surface area contributed by atoms with Crippen LogP contribution in [0.4, 0.5) is 0 Å². The summed E-state index contributed by atoms with van der Waals surface area (Å²) in [5.41, 5.74) is 2.53. The van der Waals surface area contributed by atoms with Crippen LogP contribution in [0.1, 0.15) is 42.0 Å². The molecule has 0 aliphatic carbocycles. The molecule has 0 spiro atoms. The molecular formula is C19H29IN6. The summed E-state index contributed by atoms with van der Waals surface area (Å²) in [5, 5.41) is 15.5. The largest absolute Gasteiger partial charge is 0.356 e. The first kappa shape index (κ1) is 20.7. The van der Waals surface area contributed by atoms with E-state index in [1.807, 2.05) is 0 Å². The van der Waals surface area contributed by atoms with Gasteiger partial charge in [-0.2, -0.15) is 0 Å². The average Bonchev–Trinajstić information content (AvgIpc) is 2.85. The number of halogens is 1. The minimum absolute atomic E-state index is 0. The van der Waals surface area contributed by atoms with Crippen LogP contribution in [0, 0.1) is 6.92 Å². The summed E-state index contributed by atoms with van der Waals surface area (Å²) in [7, 11) is 1.80. The molecule has 26 heavy (non-hydrogen) atoms. The van der Waals surface area contributed by atoms with Crippen molar-refractivity contribution in [1.82, 2.24) is 25.4 Å².